The molecule has 0 saturated heterocycles. The first-order valence-electron chi connectivity index (χ1n) is 4.54. The molecule has 0 atom stereocenters. The number of aromatic nitrogens is 1. The van der Waals surface area contributed by atoms with Gasteiger partial charge >= 0.3 is 0 Å². The van der Waals surface area contributed by atoms with Gasteiger partial charge in [0.1, 0.15) is 0 Å². The highest BCUT2D eigenvalue weighted by molar-refractivity contribution is 5.94. The largest absolute Gasteiger partial charge is 0.370 e. The van der Waals surface area contributed by atoms with Crippen molar-refractivity contribution >= 4 is 11.9 Å². The molecule has 0 aromatic carbocycles. The number of aryl methyl sites for hydroxylation is 1. The zero-order chi connectivity index (χ0) is 11.4. The number of rotatable bonds is 2. The smallest absolute Gasteiger partial charge is 0.197 e. The van der Waals surface area contributed by atoms with Crippen molar-refractivity contribution in [2.45, 2.75) is 13.5 Å². The van der Waals surface area contributed by atoms with E-state index in [1.807, 2.05) is 19.2 Å². The first-order chi connectivity index (χ1) is 7.00. The van der Waals surface area contributed by atoms with Crippen LogP contribution in [-0.4, -0.2) is 28.9 Å². The molecule has 6 nitrogen and oxygen atoms in total. The number of guanidine groups is 2. The van der Waals surface area contributed by atoms with Crippen molar-refractivity contribution in [3.05, 3.63) is 23.5 Å². The van der Waals surface area contributed by atoms with Gasteiger partial charge in [0.25, 0.3) is 0 Å². The van der Waals surface area contributed by atoms with Crippen molar-refractivity contribution in [2.75, 3.05) is 7.05 Å². The average molecular weight is 208 g/mol. The number of aromatic amines is 1. The second-order valence-corrected chi connectivity index (χ2v) is 3.37. The van der Waals surface area contributed by atoms with Gasteiger partial charge in [-0.05, 0) is 18.6 Å². The van der Waals surface area contributed by atoms with E-state index in [-0.39, 0.29) is 11.9 Å². The van der Waals surface area contributed by atoms with E-state index in [1.165, 1.54) is 0 Å². The highest BCUT2D eigenvalue weighted by Gasteiger charge is 2.07. The van der Waals surface area contributed by atoms with Crippen LogP contribution in [0.5, 0.6) is 0 Å². The normalized spacial score (nSPS) is 9.73. The monoisotopic (exact) mass is 208 g/mol. The summed E-state index contributed by atoms with van der Waals surface area (Å²) >= 11 is 0. The highest BCUT2D eigenvalue weighted by Crippen LogP contribution is 2.07. The lowest BCUT2D eigenvalue weighted by Gasteiger charge is -2.19. The maximum Gasteiger partial charge on any atom is 0.197 e. The van der Waals surface area contributed by atoms with Gasteiger partial charge in [-0.2, -0.15) is 0 Å². The van der Waals surface area contributed by atoms with Crippen LogP contribution in [0.3, 0.4) is 0 Å². The molecule has 0 bridgehead atoms. The van der Waals surface area contributed by atoms with Crippen molar-refractivity contribution < 1.29 is 0 Å². The molecule has 1 aromatic rings. The highest BCUT2D eigenvalue weighted by atomic mass is 15.3. The fraction of sp³-hybridized carbons (Fsp3) is 0.333. The van der Waals surface area contributed by atoms with E-state index in [1.54, 1.807) is 11.9 Å². The maximum absolute atomic E-state index is 7.58. The molecule has 15 heavy (non-hydrogen) atoms. The van der Waals surface area contributed by atoms with Crippen molar-refractivity contribution in [1.29, 1.82) is 10.8 Å². The van der Waals surface area contributed by atoms with Crippen LogP contribution in [0.15, 0.2) is 12.3 Å². The molecule has 1 heterocycles. The summed E-state index contributed by atoms with van der Waals surface area (Å²) in [6.07, 6.45) is 1.86. The van der Waals surface area contributed by atoms with E-state index in [9.17, 15) is 0 Å². The standard InChI is InChI=1S/C9H16N6/c1-6-7(3-4-13-6)5-15(2)9(12)14-8(10)11/h3-4,13H,5H2,1-2H3,(H5,10,11,12,14). The van der Waals surface area contributed by atoms with Gasteiger partial charge in [-0.15, -0.1) is 0 Å². The van der Waals surface area contributed by atoms with E-state index < -0.39 is 0 Å². The molecule has 1 aromatic heterocycles. The van der Waals surface area contributed by atoms with Crippen LogP contribution in [-0.2, 0) is 6.54 Å². The predicted octanol–water partition coefficient (Wildman–Crippen LogP) is 0.173. The molecule has 0 amide bonds. The lowest BCUT2D eigenvalue weighted by Crippen LogP contribution is -2.43. The molecule has 0 saturated carbocycles. The van der Waals surface area contributed by atoms with Crippen molar-refractivity contribution in [1.82, 2.24) is 15.2 Å². The number of hydrogen-bond acceptors (Lipinski definition) is 2. The third-order valence-electron chi connectivity index (χ3n) is 2.11. The van der Waals surface area contributed by atoms with Crippen LogP contribution >= 0.6 is 0 Å². The maximum atomic E-state index is 7.58. The lowest BCUT2D eigenvalue weighted by molar-refractivity contribution is 0.483. The number of nitrogens with one attached hydrogen (secondary N) is 4. The molecule has 1 rings (SSSR count). The Morgan fingerprint density at radius 3 is 2.73 bits per heavy atom. The fourth-order valence-electron chi connectivity index (χ4n) is 1.21. The summed E-state index contributed by atoms with van der Waals surface area (Å²) in [4.78, 5) is 4.75. The van der Waals surface area contributed by atoms with E-state index in [0.717, 1.165) is 11.3 Å². The van der Waals surface area contributed by atoms with Gasteiger partial charge in [-0.3, -0.25) is 16.1 Å². The van der Waals surface area contributed by atoms with Gasteiger partial charge in [0, 0.05) is 25.5 Å². The summed E-state index contributed by atoms with van der Waals surface area (Å²) in [7, 11) is 1.77. The molecule has 0 aliphatic heterocycles. The van der Waals surface area contributed by atoms with E-state index >= 15 is 0 Å². The molecular formula is C9H16N6. The van der Waals surface area contributed by atoms with Crippen LogP contribution in [0.1, 0.15) is 11.3 Å². The first-order valence-corrected chi connectivity index (χ1v) is 4.54. The van der Waals surface area contributed by atoms with Crippen LogP contribution in [0, 0.1) is 17.7 Å². The molecule has 0 aliphatic rings. The van der Waals surface area contributed by atoms with E-state index in [2.05, 4.69) is 10.3 Å². The summed E-state index contributed by atoms with van der Waals surface area (Å²) in [5, 5.41) is 17.0. The topological polar surface area (TPSA) is 105 Å². The Kier molecular flexibility index (Phi) is 3.33. The zero-order valence-electron chi connectivity index (χ0n) is 8.89. The third-order valence-corrected chi connectivity index (χ3v) is 2.11. The van der Waals surface area contributed by atoms with Crippen molar-refractivity contribution in [2.24, 2.45) is 5.73 Å². The number of hydrogen-bond donors (Lipinski definition) is 5. The number of H-pyrrole nitrogens is 1. The van der Waals surface area contributed by atoms with Crippen LogP contribution in [0.2, 0.25) is 0 Å². The summed E-state index contributed by atoms with van der Waals surface area (Å²) < 4.78 is 0. The van der Waals surface area contributed by atoms with Gasteiger partial charge in [-0.25, -0.2) is 0 Å². The summed E-state index contributed by atoms with van der Waals surface area (Å²) in [6, 6.07) is 1.97. The van der Waals surface area contributed by atoms with Gasteiger partial charge in [0.15, 0.2) is 11.9 Å². The van der Waals surface area contributed by atoms with Gasteiger partial charge < -0.3 is 15.6 Å². The minimum atomic E-state index is -0.224. The first kappa shape index (κ1) is 11.1. The molecule has 0 unspecified atom stereocenters. The molecule has 6 N–H and O–H groups in total. The molecular weight excluding hydrogens is 192 g/mol. The van der Waals surface area contributed by atoms with Gasteiger partial charge in [-0.1, -0.05) is 0 Å². The van der Waals surface area contributed by atoms with Crippen LogP contribution < -0.4 is 11.1 Å². The predicted molar refractivity (Wildman–Crippen MR) is 59.8 cm³/mol. The Morgan fingerprint density at radius 1 is 1.60 bits per heavy atom. The van der Waals surface area contributed by atoms with Crippen molar-refractivity contribution in [3.63, 3.8) is 0 Å². The average Bonchev–Trinajstić information content (AvgIpc) is 2.50. The van der Waals surface area contributed by atoms with Crippen LogP contribution in [0.25, 0.3) is 0 Å². The Morgan fingerprint density at radius 2 is 2.27 bits per heavy atom. The Balaban J connectivity index is 2.56. The lowest BCUT2D eigenvalue weighted by atomic mass is 10.2. The van der Waals surface area contributed by atoms with E-state index in [4.69, 9.17) is 16.6 Å². The Bertz CT molecular complexity index is 366. The minimum Gasteiger partial charge on any atom is -0.370 e. The Hall–Kier alpha value is -1.98. The number of nitrogens with zero attached hydrogens (tertiary/aromatic N) is 1. The minimum absolute atomic E-state index is 0.114. The van der Waals surface area contributed by atoms with Crippen molar-refractivity contribution in [3.8, 4) is 0 Å². The summed E-state index contributed by atoms with van der Waals surface area (Å²) in [5.41, 5.74) is 7.33. The quantitative estimate of drug-likeness (QED) is 0.353. The molecule has 0 spiro atoms. The number of nitrogens with two attached hydrogens (primary N) is 1. The second-order valence-electron chi connectivity index (χ2n) is 3.37. The fourth-order valence-corrected chi connectivity index (χ4v) is 1.21. The molecule has 0 aliphatic carbocycles. The van der Waals surface area contributed by atoms with Gasteiger partial charge in [0.2, 0.25) is 0 Å². The molecule has 0 radical (unpaired) electrons. The zero-order valence-corrected chi connectivity index (χ0v) is 8.89. The van der Waals surface area contributed by atoms with E-state index in [0.29, 0.717) is 6.54 Å². The molecule has 0 fully saturated rings. The van der Waals surface area contributed by atoms with Crippen LogP contribution in [0.4, 0.5) is 0 Å². The molecule has 6 heteroatoms. The third kappa shape index (κ3) is 3.01. The summed E-state index contributed by atoms with van der Waals surface area (Å²) in [6.45, 7) is 2.58. The molecule has 82 valence electrons. The second kappa shape index (κ2) is 4.50. The SMILES string of the molecule is Cc1[nH]ccc1CN(C)C(=N)NC(=N)N. The van der Waals surface area contributed by atoms with Gasteiger partial charge in [0.05, 0.1) is 0 Å². The Labute approximate surface area is 88.5 Å². The summed E-state index contributed by atoms with van der Waals surface area (Å²) in [5.74, 6) is -0.110.